The van der Waals surface area contributed by atoms with Crippen LogP contribution in [-0.2, 0) is 4.74 Å². The van der Waals surface area contributed by atoms with Crippen molar-refractivity contribution in [1.82, 2.24) is 5.32 Å². The summed E-state index contributed by atoms with van der Waals surface area (Å²) in [5.41, 5.74) is 0. The van der Waals surface area contributed by atoms with E-state index >= 15 is 0 Å². The molecule has 1 aliphatic heterocycles. The van der Waals surface area contributed by atoms with E-state index in [-0.39, 0.29) is 6.54 Å². The molecule has 0 bridgehead atoms. The largest absolute Gasteiger partial charge is 0.507 e. The van der Waals surface area contributed by atoms with Gasteiger partial charge in [0.1, 0.15) is 6.10 Å². The summed E-state index contributed by atoms with van der Waals surface area (Å²) in [4.78, 5) is 13.9. The van der Waals surface area contributed by atoms with E-state index in [2.05, 4.69) is 15.0 Å². The fourth-order valence-electron chi connectivity index (χ4n) is 0.884. The second kappa shape index (κ2) is 3.40. The highest BCUT2D eigenvalue weighted by Crippen LogP contribution is 2.05. The zero-order valence-corrected chi connectivity index (χ0v) is 6.52. The van der Waals surface area contributed by atoms with Crippen molar-refractivity contribution >= 4 is 12.0 Å². The summed E-state index contributed by atoms with van der Waals surface area (Å²) < 4.78 is 4.31. The van der Waals surface area contributed by atoms with Crippen LogP contribution >= 0.6 is 0 Å². The maximum Gasteiger partial charge on any atom is 0.507 e. The molecule has 3 N–H and O–H groups in total. The van der Waals surface area contributed by atoms with E-state index in [9.17, 15) is 9.90 Å². The van der Waals surface area contributed by atoms with Crippen LogP contribution in [0.15, 0.2) is 4.99 Å². The summed E-state index contributed by atoms with van der Waals surface area (Å²) >= 11 is 0. The van der Waals surface area contributed by atoms with Gasteiger partial charge in [-0.2, -0.15) is 0 Å². The van der Waals surface area contributed by atoms with Gasteiger partial charge in [-0.25, -0.2) is 9.79 Å². The Morgan fingerprint density at radius 1 is 1.83 bits per heavy atom. The summed E-state index contributed by atoms with van der Waals surface area (Å²) in [6.07, 6.45) is -3.34. The van der Waals surface area contributed by atoms with Crippen molar-refractivity contribution in [2.45, 2.75) is 19.3 Å². The number of amidine groups is 1. The number of aliphatic hydroxyl groups is 1. The number of hydrogen-bond donors (Lipinski definition) is 3. The molecule has 0 unspecified atom stereocenters. The Balaban J connectivity index is 2.60. The van der Waals surface area contributed by atoms with E-state index < -0.39 is 18.5 Å². The SMILES string of the molecule is CC1=N[C@@H](OC(=O)O)[C@@H](O)CN1. The van der Waals surface area contributed by atoms with Crippen molar-refractivity contribution in [3.8, 4) is 0 Å². The first-order valence-corrected chi connectivity index (χ1v) is 3.45. The number of rotatable bonds is 1. The maximum absolute atomic E-state index is 10.1. The molecular formula is C6H10N2O4. The standard InChI is InChI=1S/C6H10N2O4/c1-3-7-2-4(9)5(8-3)12-6(10)11/h4-5,9H,2H2,1H3,(H,7,8)(H,10,11)/t4-,5-/m0/s1. The van der Waals surface area contributed by atoms with Gasteiger partial charge in [0.15, 0.2) is 0 Å². The highest BCUT2D eigenvalue weighted by Gasteiger charge is 2.25. The highest BCUT2D eigenvalue weighted by molar-refractivity contribution is 5.80. The molecule has 0 aliphatic carbocycles. The number of carbonyl (C=O) groups is 1. The Morgan fingerprint density at radius 3 is 3.08 bits per heavy atom. The average Bonchev–Trinajstić information content (AvgIpc) is 1.96. The number of nitrogens with zero attached hydrogens (tertiary/aromatic N) is 1. The molecule has 0 radical (unpaired) electrons. The van der Waals surface area contributed by atoms with Gasteiger partial charge in [0, 0.05) is 6.54 Å². The normalized spacial score (nSPS) is 28.7. The molecule has 0 saturated carbocycles. The summed E-state index contributed by atoms with van der Waals surface area (Å²) in [6.45, 7) is 1.93. The number of aliphatic imine (C=N–C) groups is 1. The summed E-state index contributed by atoms with van der Waals surface area (Å²) in [7, 11) is 0. The molecule has 1 aliphatic rings. The van der Waals surface area contributed by atoms with E-state index in [1.54, 1.807) is 6.92 Å². The van der Waals surface area contributed by atoms with Crippen molar-refractivity contribution in [2.75, 3.05) is 6.54 Å². The predicted octanol–water partition coefficient (Wildman–Crippen LogP) is -0.610. The Hall–Kier alpha value is -1.30. The lowest BCUT2D eigenvalue weighted by Crippen LogP contribution is -2.45. The Kier molecular flexibility index (Phi) is 2.49. The van der Waals surface area contributed by atoms with Crippen LogP contribution in [0.2, 0.25) is 0 Å². The quantitative estimate of drug-likeness (QED) is 0.461. The molecule has 6 nitrogen and oxygen atoms in total. The van der Waals surface area contributed by atoms with Gasteiger partial charge in [-0.15, -0.1) is 0 Å². The fraction of sp³-hybridized carbons (Fsp3) is 0.667. The van der Waals surface area contributed by atoms with Gasteiger partial charge in [0.05, 0.1) is 5.84 Å². The van der Waals surface area contributed by atoms with E-state index in [0.717, 1.165) is 0 Å². The van der Waals surface area contributed by atoms with Crippen molar-refractivity contribution < 1.29 is 19.7 Å². The van der Waals surface area contributed by atoms with Gasteiger partial charge in [-0.3, -0.25) is 0 Å². The van der Waals surface area contributed by atoms with Crippen molar-refractivity contribution in [1.29, 1.82) is 0 Å². The van der Waals surface area contributed by atoms with Gasteiger partial charge in [0.2, 0.25) is 6.23 Å². The minimum atomic E-state index is -1.43. The molecule has 2 atom stereocenters. The highest BCUT2D eigenvalue weighted by atomic mass is 16.7. The van der Waals surface area contributed by atoms with Crippen LogP contribution in [0.3, 0.4) is 0 Å². The molecule has 0 amide bonds. The minimum Gasteiger partial charge on any atom is -0.450 e. The second-order valence-corrected chi connectivity index (χ2v) is 2.44. The first kappa shape index (κ1) is 8.79. The van der Waals surface area contributed by atoms with Crippen LogP contribution in [0, 0.1) is 0 Å². The number of ether oxygens (including phenoxy) is 1. The molecule has 0 aromatic heterocycles. The van der Waals surface area contributed by atoms with Crippen LogP contribution in [0.1, 0.15) is 6.92 Å². The van der Waals surface area contributed by atoms with Gasteiger partial charge < -0.3 is 20.3 Å². The first-order chi connectivity index (χ1) is 5.59. The average molecular weight is 174 g/mol. The van der Waals surface area contributed by atoms with Gasteiger partial charge in [0.25, 0.3) is 0 Å². The Labute approximate surface area is 68.9 Å². The Bertz CT molecular complexity index is 216. The number of carboxylic acid groups (broad SMARTS) is 1. The summed E-state index contributed by atoms with van der Waals surface area (Å²) in [5, 5.41) is 20.2. The molecule has 12 heavy (non-hydrogen) atoms. The minimum absolute atomic E-state index is 0.257. The number of hydrogen-bond acceptors (Lipinski definition) is 5. The van der Waals surface area contributed by atoms with Crippen molar-refractivity contribution in [3.05, 3.63) is 0 Å². The molecule has 6 heteroatoms. The van der Waals surface area contributed by atoms with E-state index in [1.165, 1.54) is 0 Å². The van der Waals surface area contributed by atoms with Crippen LogP contribution in [0.5, 0.6) is 0 Å². The van der Waals surface area contributed by atoms with E-state index in [4.69, 9.17) is 5.11 Å². The topological polar surface area (TPSA) is 91.2 Å². The first-order valence-electron chi connectivity index (χ1n) is 3.45. The lowest BCUT2D eigenvalue weighted by molar-refractivity contribution is -0.0157. The summed E-state index contributed by atoms with van der Waals surface area (Å²) in [5.74, 6) is 0.562. The summed E-state index contributed by atoms with van der Waals surface area (Å²) in [6, 6.07) is 0. The van der Waals surface area contributed by atoms with Gasteiger partial charge >= 0.3 is 6.16 Å². The molecule has 0 saturated heterocycles. The molecule has 0 fully saturated rings. The van der Waals surface area contributed by atoms with Crippen LogP contribution in [-0.4, -0.2) is 41.1 Å². The molecule has 0 aromatic carbocycles. The molecular weight excluding hydrogens is 164 g/mol. The van der Waals surface area contributed by atoms with E-state index in [1.807, 2.05) is 0 Å². The molecule has 0 spiro atoms. The molecule has 0 aromatic rings. The van der Waals surface area contributed by atoms with Crippen LogP contribution < -0.4 is 5.32 Å². The second-order valence-electron chi connectivity index (χ2n) is 2.44. The van der Waals surface area contributed by atoms with E-state index in [0.29, 0.717) is 5.84 Å². The monoisotopic (exact) mass is 174 g/mol. The van der Waals surface area contributed by atoms with Gasteiger partial charge in [-0.1, -0.05) is 0 Å². The lowest BCUT2D eigenvalue weighted by Gasteiger charge is -2.24. The molecule has 68 valence electrons. The third-order valence-electron chi connectivity index (χ3n) is 1.44. The maximum atomic E-state index is 10.1. The fourth-order valence-corrected chi connectivity index (χ4v) is 0.884. The zero-order chi connectivity index (χ0) is 9.14. The Morgan fingerprint density at radius 2 is 2.50 bits per heavy atom. The number of nitrogens with one attached hydrogen (secondary N) is 1. The molecule has 1 heterocycles. The lowest BCUT2D eigenvalue weighted by atomic mass is 10.3. The van der Waals surface area contributed by atoms with Crippen molar-refractivity contribution in [3.63, 3.8) is 0 Å². The number of β-amino-alcohol motifs (C(OH)–C–C–N with tert-alkyl or cyclic N) is 1. The van der Waals surface area contributed by atoms with Crippen LogP contribution in [0.25, 0.3) is 0 Å². The molecule has 1 rings (SSSR count). The number of aliphatic hydroxyl groups excluding tert-OH is 1. The van der Waals surface area contributed by atoms with Crippen LogP contribution in [0.4, 0.5) is 4.79 Å². The third-order valence-corrected chi connectivity index (χ3v) is 1.44. The zero-order valence-electron chi connectivity index (χ0n) is 6.52. The smallest absolute Gasteiger partial charge is 0.450 e. The van der Waals surface area contributed by atoms with Crippen molar-refractivity contribution in [2.24, 2.45) is 4.99 Å². The third kappa shape index (κ3) is 2.09. The predicted molar refractivity (Wildman–Crippen MR) is 40.0 cm³/mol. The van der Waals surface area contributed by atoms with Gasteiger partial charge in [-0.05, 0) is 6.92 Å².